The summed E-state index contributed by atoms with van der Waals surface area (Å²) in [5.74, 6) is 1.08. The van der Waals surface area contributed by atoms with Gasteiger partial charge in [-0.05, 0) is 70.1 Å². The maximum Gasteiger partial charge on any atom is 0.122 e. The van der Waals surface area contributed by atoms with Crippen molar-refractivity contribution in [1.29, 1.82) is 0 Å². The fourth-order valence-corrected chi connectivity index (χ4v) is 2.44. The Morgan fingerprint density at radius 3 is 2.89 bits per heavy atom. The Morgan fingerprint density at radius 1 is 1.33 bits per heavy atom. The molecule has 1 aliphatic rings. The van der Waals surface area contributed by atoms with Crippen molar-refractivity contribution in [3.8, 4) is 5.75 Å². The molecule has 0 amide bonds. The van der Waals surface area contributed by atoms with Gasteiger partial charge in [0.2, 0.25) is 0 Å². The molecule has 0 saturated carbocycles. The molecule has 3 nitrogen and oxygen atoms in total. The van der Waals surface area contributed by atoms with Crippen LogP contribution in [0.2, 0.25) is 0 Å². The van der Waals surface area contributed by atoms with Crippen LogP contribution in [0.4, 0.5) is 5.69 Å². The van der Waals surface area contributed by atoms with E-state index < -0.39 is 0 Å². The van der Waals surface area contributed by atoms with Gasteiger partial charge in [-0.25, -0.2) is 0 Å². The highest BCUT2D eigenvalue weighted by Gasteiger charge is 2.14. The highest BCUT2D eigenvalue weighted by atomic mass is 16.5. The molecule has 1 aromatic carbocycles. The highest BCUT2D eigenvalue weighted by molar-refractivity contribution is 5.61. The van der Waals surface area contributed by atoms with Crippen molar-refractivity contribution >= 4 is 5.69 Å². The van der Waals surface area contributed by atoms with Crippen molar-refractivity contribution < 1.29 is 4.74 Å². The minimum atomic E-state index is 0.743. The van der Waals surface area contributed by atoms with Gasteiger partial charge in [-0.3, -0.25) is 0 Å². The monoisotopic (exact) mass is 248 g/mol. The zero-order chi connectivity index (χ0) is 13.0. The number of anilines is 1. The van der Waals surface area contributed by atoms with Crippen LogP contribution in [-0.4, -0.2) is 38.7 Å². The van der Waals surface area contributed by atoms with Crippen molar-refractivity contribution in [3.63, 3.8) is 0 Å². The normalized spacial score (nSPS) is 13.6. The first kappa shape index (κ1) is 13.2. The summed E-state index contributed by atoms with van der Waals surface area (Å²) in [7, 11) is 4.24. The molecule has 0 spiro atoms. The van der Waals surface area contributed by atoms with Crippen LogP contribution in [0.5, 0.6) is 5.75 Å². The summed E-state index contributed by atoms with van der Waals surface area (Å²) < 4.78 is 5.78. The third-order valence-corrected chi connectivity index (χ3v) is 3.35. The lowest BCUT2D eigenvalue weighted by atomic mass is 10.0. The van der Waals surface area contributed by atoms with E-state index in [1.54, 1.807) is 0 Å². The molecule has 0 bridgehead atoms. The second-order valence-corrected chi connectivity index (χ2v) is 5.13. The van der Waals surface area contributed by atoms with Gasteiger partial charge in [0, 0.05) is 12.2 Å². The van der Waals surface area contributed by atoms with Crippen LogP contribution in [0.1, 0.15) is 24.5 Å². The smallest absolute Gasteiger partial charge is 0.122 e. The number of nitrogens with one attached hydrogen (secondary N) is 1. The number of aryl methyl sites for hydroxylation is 1. The molecule has 0 atom stereocenters. The average Bonchev–Trinajstić information content (AvgIpc) is 2.76. The molecule has 1 heterocycles. The van der Waals surface area contributed by atoms with Crippen LogP contribution >= 0.6 is 0 Å². The first-order valence-electron chi connectivity index (χ1n) is 6.88. The Bertz CT molecular complexity index is 402. The van der Waals surface area contributed by atoms with Crippen molar-refractivity contribution in [2.45, 2.75) is 26.2 Å². The van der Waals surface area contributed by atoms with E-state index in [0.717, 1.165) is 38.3 Å². The zero-order valence-electron chi connectivity index (χ0n) is 11.8. The average molecular weight is 248 g/mol. The van der Waals surface area contributed by atoms with Gasteiger partial charge in [-0.2, -0.15) is 0 Å². The molecule has 0 aliphatic carbocycles. The van der Waals surface area contributed by atoms with E-state index >= 15 is 0 Å². The first-order valence-corrected chi connectivity index (χ1v) is 6.88. The predicted octanol–water partition coefficient (Wildman–Crippen LogP) is 2.55. The second kappa shape index (κ2) is 6.10. The van der Waals surface area contributed by atoms with E-state index in [0.29, 0.717) is 0 Å². The third kappa shape index (κ3) is 3.16. The first-order chi connectivity index (χ1) is 8.70. The second-order valence-electron chi connectivity index (χ2n) is 5.13. The van der Waals surface area contributed by atoms with E-state index in [-0.39, 0.29) is 0 Å². The van der Waals surface area contributed by atoms with Crippen molar-refractivity contribution in [3.05, 3.63) is 23.3 Å². The number of benzene rings is 1. The molecule has 18 heavy (non-hydrogen) atoms. The van der Waals surface area contributed by atoms with Gasteiger partial charge in [0.15, 0.2) is 0 Å². The molecule has 1 aliphatic heterocycles. The quantitative estimate of drug-likeness (QED) is 0.837. The SMILES string of the molecule is CCOc1cc2c(cc1CCCN(C)C)NCC2. The summed E-state index contributed by atoms with van der Waals surface area (Å²) in [4.78, 5) is 2.23. The van der Waals surface area contributed by atoms with Gasteiger partial charge in [0.25, 0.3) is 0 Å². The van der Waals surface area contributed by atoms with Crippen LogP contribution in [0.3, 0.4) is 0 Å². The molecular formula is C15H24N2O. The van der Waals surface area contributed by atoms with Gasteiger partial charge in [-0.15, -0.1) is 0 Å². The van der Waals surface area contributed by atoms with E-state index in [2.05, 4.69) is 43.4 Å². The molecule has 0 fully saturated rings. The summed E-state index contributed by atoms with van der Waals surface area (Å²) in [6, 6.07) is 4.51. The molecule has 3 heteroatoms. The lowest BCUT2D eigenvalue weighted by Crippen LogP contribution is -2.13. The van der Waals surface area contributed by atoms with Crippen LogP contribution in [0.25, 0.3) is 0 Å². The Kier molecular flexibility index (Phi) is 4.48. The van der Waals surface area contributed by atoms with Crippen molar-refractivity contribution in [2.75, 3.05) is 39.1 Å². The molecule has 1 aromatic rings. The van der Waals surface area contributed by atoms with Crippen LogP contribution in [0, 0.1) is 0 Å². The maximum absolute atomic E-state index is 5.78. The van der Waals surface area contributed by atoms with Crippen molar-refractivity contribution in [2.24, 2.45) is 0 Å². The molecule has 0 radical (unpaired) electrons. The predicted molar refractivity (Wildman–Crippen MR) is 76.7 cm³/mol. The Labute approximate surface area is 110 Å². The minimum absolute atomic E-state index is 0.743. The third-order valence-electron chi connectivity index (χ3n) is 3.35. The summed E-state index contributed by atoms with van der Waals surface area (Å²) in [6.45, 7) is 4.97. The van der Waals surface area contributed by atoms with Gasteiger partial charge >= 0.3 is 0 Å². The molecule has 2 rings (SSSR count). The number of fused-ring (bicyclic) bond motifs is 1. The lowest BCUT2D eigenvalue weighted by molar-refractivity contribution is 0.334. The Hall–Kier alpha value is -1.22. The van der Waals surface area contributed by atoms with Crippen LogP contribution < -0.4 is 10.1 Å². The topological polar surface area (TPSA) is 24.5 Å². The fourth-order valence-electron chi connectivity index (χ4n) is 2.44. The summed E-state index contributed by atoms with van der Waals surface area (Å²) in [6.07, 6.45) is 3.38. The van der Waals surface area contributed by atoms with E-state index in [4.69, 9.17) is 4.74 Å². The van der Waals surface area contributed by atoms with Gasteiger partial charge in [0.05, 0.1) is 6.61 Å². The molecule has 0 unspecified atom stereocenters. The minimum Gasteiger partial charge on any atom is -0.494 e. The number of nitrogens with zero attached hydrogens (tertiary/aromatic N) is 1. The Balaban J connectivity index is 2.11. The fraction of sp³-hybridized carbons (Fsp3) is 0.600. The summed E-state index contributed by atoms with van der Waals surface area (Å²) >= 11 is 0. The summed E-state index contributed by atoms with van der Waals surface area (Å²) in [5.41, 5.74) is 4.04. The van der Waals surface area contributed by atoms with E-state index in [9.17, 15) is 0 Å². The molecule has 100 valence electrons. The molecular weight excluding hydrogens is 224 g/mol. The van der Waals surface area contributed by atoms with Gasteiger partial charge < -0.3 is 15.0 Å². The number of rotatable bonds is 6. The number of ether oxygens (including phenoxy) is 1. The molecule has 0 aromatic heterocycles. The molecule has 0 saturated heterocycles. The van der Waals surface area contributed by atoms with E-state index in [1.807, 2.05) is 0 Å². The van der Waals surface area contributed by atoms with Crippen molar-refractivity contribution in [1.82, 2.24) is 4.90 Å². The lowest BCUT2D eigenvalue weighted by Gasteiger charge is -2.14. The number of hydrogen-bond donors (Lipinski definition) is 1. The van der Waals surface area contributed by atoms with Crippen LogP contribution in [-0.2, 0) is 12.8 Å². The van der Waals surface area contributed by atoms with Crippen LogP contribution in [0.15, 0.2) is 12.1 Å². The standard InChI is InChI=1S/C15H24N2O/c1-4-18-15-11-12-7-8-16-14(12)10-13(15)6-5-9-17(2)3/h10-11,16H,4-9H2,1-3H3. The van der Waals surface area contributed by atoms with Gasteiger partial charge in [0.1, 0.15) is 5.75 Å². The van der Waals surface area contributed by atoms with Gasteiger partial charge in [-0.1, -0.05) is 0 Å². The largest absolute Gasteiger partial charge is 0.494 e. The van der Waals surface area contributed by atoms with E-state index in [1.165, 1.54) is 23.2 Å². The highest BCUT2D eigenvalue weighted by Crippen LogP contribution is 2.31. The zero-order valence-corrected chi connectivity index (χ0v) is 11.8. The summed E-state index contributed by atoms with van der Waals surface area (Å²) in [5, 5.41) is 3.44. The molecule has 1 N–H and O–H groups in total. The Morgan fingerprint density at radius 2 is 2.17 bits per heavy atom. The number of hydrogen-bond acceptors (Lipinski definition) is 3. The maximum atomic E-state index is 5.78.